The molecule has 0 amide bonds. The van der Waals surface area contributed by atoms with Gasteiger partial charge in [-0.3, -0.25) is 9.69 Å². The largest absolute Gasteiger partial charge is 0.496 e. The van der Waals surface area contributed by atoms with Crippen molar-refractivity contribution >= 4 is 17.6 Å². The lowest BCUT2D eigenvalue weighted by Gasteiger charge is -2.33. The third-order valence-corrected chi connectivity index (χ3v) is 5.15. The monoisotopic (exact) mass is 389 g/mol. The Morgan fingerprint density at radius 1 is 1.26 bits per heavy atom. The average Bonchev–Trinajstić information content (AvgIpc) is 3.14. The van der Waals surface area contributed by atoms with Crippen molar-refractivity contribution in [3.63, 3.8) is 0 Å². The number of carboxylic acids is 1. The number of hydrogen-bond donors (Lipinski definition) is 1. The van der Waals surface area contributed by atoms with E-state index in [9.17, 15) is 9.90 Å². The predicted molar refractivity (Wildman–Crippen MR) is 105 cm³/mol. The summed E-state index contributed by atoms with van der Waals surface area (Å²) in [6, 6.07) is 12.3. The minimum Gasteiger partial charge on any atom is -0.496 e. The van der Waals surface area contributed by atoms with Gasteiger partial charge in [0.1, 0.15) is 17.5 Å². The van der Waals surface area contributed by atoms with E-state index in [1.807, 2.05) is 48.2 Å². The Balaban J connectivity index is 2.20. The molecule has 0 spiro atoms. The van der Waals surface area contributed by atoms with Crippen LogP contribution in [0.2, 0.25) is 5.02 Å². The van der Waals surface area contributed by atoms with E-state index in [1.54, 1.807) is 13.2 Å². The molecular formula is C21H24ClNO4. The normalized spacial score (nSPS) is 18.3. The zero-order valence-corrected chi connectivity index (χ0v) is 16.3. The van der Waals surface area contributed by atoms with Crippen molar-refractivity contribution in [2.45, 2.75) is 31.8 Å². The van der Waals surface area contributed by atoms with Crippen LogP contribution in [0.1, 0.15) is 36.9 Å². The number of nitrogens with zero attached hydrogens (tertiary/aromatic N) is 1. The van der Waals surface area contributed by atoms with E-state index in [-0.39, 0.29) is 6.04 Å². The van der Waals surface area contributed by atoms with Crippen molar-refractivity contribution in [2.75, 3.05) is 20.3 Å². The number of methoxy groups -OCH3 is 1. The Morgan fingerprint density at radius 3 is 2.74 bits per heavy atom. The summed E-state index contributed by atoms with van der Waals surface area (Å²) in [6.07, 6.45) is 1.44. The Morgan fingerprint density at radius 2 is 2.04 bits per heavy atom. The topological polar surface area (TPSA) is 59.0 Å². The van der Waals surface area contributed by atoms with Gasteiger partial charge in [0.2, 0.25) is 0 Å². The molecule has 6 heteroatoms. The number of carboxylic acid groups (broad SMARTS) is 1. The number of halogens is 1. The maximum absolute atomic E-state index is 11.9. The third kappa shape index (κ3) is 4.04. The molecule has 0 bridgehead atoms. The number of likely N-dealkylation sites (tertiary alicyclic amines) is 1. The van der Waals surface area contributed by atoms with Crippen molar-refractivity contribution in [3.05, 3.63) is 58.6 Å². The van der Waals surface area contributed by atoms with Crippen LogP contribution in [0.4, 0.5) is 0 Å². The molecule has 2 aromatic rings. The fraction of sp³-hybridized carbons (Fsp3) is 0.381. The summed E-state index contributed by atoms with van der Waals surface area (Å²) in [5.41, 5.74) is 1.75. The van der Waals surface area contributed by atoms with E-state index in [0.717, 1.165) is 17.5 Å². The van der Waals surface area contributed by atoms with Crippen LogP contribution in [0.25, 0.3) is 0 Å². The summed E-state index contributed by atoms with van der Waals surface area (Å²) in [5, 5.41) is 10.3. The smallest absolute Gasteiger partial charge is 0.320 e. The third-order valence-electron chi connectivity index (χ3n) is 4.91. The molecule has 2 atom stereocenters. The van der Waals surface area contributed by atoms with Gasteiger partial charge in [-0.05, 0) is 44.0 Å². The van der Waals surface area contributed by atoms with Gasteiger partial charge in [0.25, 0.3) is 0 Å². The molecule has 1 saturated heterocycles. The molecule has 5 nitrogen and oxygen atoms in total. The van der Waals surface area contributed by atoms with E-state index in [0.29, 0.717) is 36.1 Å². The summed E-state index contributed by atoms with van der Waals surface area (Å²) in [7, 11) is 1.62. The van der Waals surface area contributed by atoms with Gasteiger partial charge < -0.3 is 14.6 Å². The molecule has 1 fully saturated rings. The molecule has 0 aromatic heterocycles. The van der Waals surface area contributed by atoms with Gasteiger partial charge >= 0.3 is 5.97 Å². The van der Waals surface area contributed by atoms with Crippen LogP contribution in [-0.2, 0) is 4.79 Å². The van der Waals surface area contributed by atoms with Gasteiger partial charge in [-0.15, -0.1) is 0 Å². The summed E-state index contributed by atoms with van der Waals surface area (Å²) >= 11 is 6.31. The minimum atomic E-state index is -0.813. The van der Waals surface area contributed by atoms with Crippen LogP contribution in [-0.4, -0.2) is 42.3 Å². The lowest BCUT2D eigenvalue weighted by atomic mass is 9.94. The first-order valence-corrected chi connectivity index (χ1v) is 9.48. The molecule has 3 rings (SSSR count). The number of rotatable bonds is 7. The summed E-state index contributed by atoms with van der Waals surface area (Å²) < 4.78 is 11.4. The lowest BCUT2D eigenvalue weighted by molar-refractivity contribution is -0.142. The SMILES string of the molecule is CCOc1ccc(Cl)cc1C(c1ccccc1OC)N1CCCC1C(=O)O. The molecular weight excluding hydrogens is 366 g/mol. The van der Waals surface area contributed by atoms with Gasteiger partial charge in [0.15, 0.2) is 0 Å². The molecule has 1 aliphatic heterocycles. The highest BCUT2D eigenvalue weighted by Gasteiger charge is 2.39. The number of benzene rings is 2. The zero-order valence-electron chi connectivity index (χ0n) is 15.5. The first-order valence-electron chi connectivity index (χ1n) is 9.10. The van der Waals surface area contributed by atoms with Crippen molar-refractivity contribution in [1.82, 2.24) is 4.90 Å². The molecule has 1 aliphatic rings. The van der Waals surface area contributed by atoms with Crippen molar-refractivity contribution in [2.24, 2.45) is 0 Å². The maximum atomic E-state index is 11.9. The van der Waals surface area contributed by atoms with Crippen LogP contribution in [0, 0.1) is 0 Å². The van der Waals surface area contributed by atoms with Crippen molar-refractivity contribution in [3.8, 4) is 11.5 Å². The van der Waals surface area contributed by atoms with E-state index in [4.69, 9.17) is 21.1 Å². The van der Waals surface area contributed by atoms with E-state index >= 15 is 0 Å². The van der Waals surface area contributed by atoms with Gasteiger partial charge in [0.05, 0.1) is 19.8 Å². The van der Waals surface area contributed by atoms with Crippen LogP contribution < -0.4 is 9.47 Å². The Labute approximate surface area is 164 Å². The summed E-state index contributed by atoms with van der Waals surface area (Å²) in [5.74, 6) is 0.599. The Bertz CT molecular complexity index is 811. The van der Waals surface area contributed by atoms with Crippen LogP contribution in [0.15, 0.2) is 42.5 Å². The van der Waals surface area contributed by atoms with Crippen molar-refractivity contribution in [1.29, 1.82) is 0 Å². The van der Waals surface area contributed by atoms with Crippen LogP contribution >= 0.6 is 11.6 Å². The first kappa shape index (κ1) is 19.5. The van der Waals surface area contributed by atoms with E-state index in [2.05, 4.69) is 0 Å². The molecule has 2 unspecified atom stereocenters. The molecule has 2 aromatic carbocycles. The minimum absolute atomic E-state index is 0.329. The first-order chi connectivity index (χ1) is 13.1. The Kier molecular flexibility index (Phi) is 6.24. The zero-order chi connectivity index (χ0) is 19.4. The molecule has 0 aliphatic carbocycles. The van der Waals surface area contributed by atoms with E-state index < -0.39 is 12.0 Å². The molecule has 27 heavy (non-hydrogen) atoms. The second-order valence-corrected chi connectivity index (χ2v) is 6.93. The molecule has 0 saturated carbocycles. The lowest BCUT2D eigenvalue weighted by Crippen LogP contribution is -2.39. The van der Waals surface area contributed by atoms with Gasteiger partial charge in [-0.25, -0.2) is 0 Å². The number of para-hydroxylation sites is 1. The maximum Gasteiger partial charge on any atom is 0.320 e. The van der Waals surface area contributed by atoms with E-state index in [1.165, 1.54) is 0 Å². The second kappa shape index (κ2) is 8.63. The standard InChI is InChI=1S/C21H24ClNO4/c1-3-27-19-11-10-14(22)13-16(19)20(15-7-4-5-9-18(15)26-2)23-12-6-8-17(23)21(24)25/h4-5,7,9-11,13,17,20H,3,6,8,12H2,1-2H3,(H,24,25). The number of ether oxygens (including phenoxy) is 2. The number of hydrogen-bond acceptors (Lipinski definition) is 4. The molecule has 1 heterocycles. The van der Waals surface area contributed by atoms with Gasteiger partial charge in [0, 0.05) is 22.7 Å². The highest BCUT2D eigenvalue weighted by atomic mass is 35.5. The number of carbonyl (C=O) groups is 1. The van der Waals surface area contributed by atoms with Crippen LogP contribution in [0.3, 0.4) is 0 Å². The predicted octanol–water partition coefficient (Wildman–Crippen LogP) is 4.39. The molecule has 144 valence electrons. The van der Waals surface area contributed by atoms with Crippen LogP contribution in [0.5, 0.6) is 11.5 Å². The summed E-state index contributed by atoms with van der Waals surface area (Å²) in [6.45, 7) is 3.11. The summed E-state index contributed by atoms with van der Waals surface area (Å²) in [4.78, 5) is 13.9. The fourth-order valence-corrected chi connectivity index (χ4v) is 3.98. The fourth-order valence-electron chi connectivity index (χ4n) is 3.80. The molecule has 0 radical (unpaired) electrons. The highest BCUT2D eigenvalue weighted by Crippen LogP contribution is 2.43. The average molecular weight is 390 g/mol. The van der Waals surface area contributed by atoms with Gasteiger partial charge in [-0.1, -0.05) is 29.8 Å². The van der Waals surface area contributed by atoms with Crippen molar-refractivity contribution < 1.29 is 19.4 Å². The number of aliphatic carboxylic acids is 1. The van der Waals surface area contributed by atoms with Gasteiger partial charge in [-0.2, -0.15) is 0 Å². The molecule has 1 N–H and O–H groups in total. The quantitative estimate of drug-likeness (QED) is 0.761. The Hall–Kier alpha value is -2.24. The highest BCUT2D eigenvalue weighted by molar-refractivity contribution is 6.30. The second-order valence-electron chi connectivity index (χ2n) is 6.49.